The topological polar surface area (TPSA) is 87.2 Å². The molecular weight excluding hydrogens is 456 g/mol. The van der Waals surface area contributed by atoms with Crippen molar-refractivity contribution >= 4 is 18.0 Å². The molecule has 0 radical (unpaired) electrons. The number of ether oxygens (including phenoxy) is 1. The second kappa shape index (κ2) is 10.3. The van der Waals surface area contributed by atoms with E-state index >= 15 is 0 Å². The number of hydrogen-bond donors (Lipinski definition) is 1. The molecule has 1 saturated heterocycles. The van der Waals surface area contributed by atoms with E-state index in [1.807, 2.05) is 56.0 Å². The first-order valence-electron chi connectivity index (χ1n) is 12.7. The van der Waals surface area contributed by atoms with Gasteiger partial charge in [0, 0.05) is 37.5 Å². The highest BCUT2D eigenvalue weighted by molar-refractivity contribution is 5.87. The number of likely N-dealkylation sites (tertiary alicyclic amines) is 1. The van der Waals surface area contributed by atoms with Crippen molar-refractivity contribution < 1.29 is 24.2 Å². The second-order valence-corrected chi connectivity index (χ2v) is 11.1. The van der Waals surface area contributed by atoms with Gasteiger partial charge in [-0.3, -0.25) is 4.79 Å². The standard InChI is InChI=1S/C29H36N2O5/c1-28(2,3)36-27(35)30-17-16-29(20-30)15-7-10-24(29)25(32)31(18-21-8-5-4-6-9-21)19-22-11-13-23(14-12-22)26(33)34/h4-6,8-9,11-14,24H,7,10,15-20H2,1-3H3,(H,33,34)/t24-,29+/m1/s1. The highest BCUT2D eigenvalue weighted by Crippen LogP contribution is 2.50. The van der Waals surface area contributed by atoms with Crippen molar-refractivity contribution in [1.82, 2.24) is 9.80 Å². The van der Waals surface area contributed by atoms with Crippen LogP contribution in [-0.4, -0.2) is 51.6 Å². The molecule has 2 fully saturated rings. The Bertz CT molecular complexity index is 1090. The van der Waals surface area contributed by atoms with Crippen molar-refractivity contribution in [3.63, 3.8) is 0 Å². The molecule has 1 N–H and O–H groups in total. The van der Waals surface area contributed by atoms with E-state index in [0.717, 1.165) is 36.8 Å². The molecule has 7 nitrogen and oxygen atoms in total. The number of carbonyl (C=O) groups excluding carboxylic acids is 2. The summed E-state index contributed by atoms with van der Waals surface area (Å²) in [5.74, 6) is -1.03. The third kappa shape index (κ3) is 5.89. The zero-order valence-electron chi connectivity index (χ0n) is 21.4. The largest absolute Gasteiger partial charge is 0.478 e. The van der Waals surface area contributed by atoms with Gasteiger partial charge >= 0.3 is 12.1 Å². The monoisotopic (exact) mass is 492 g/mol. The maximum Gasteiger partial charge on any atom is 0.410 e. The molecule has 2 aromatic rings. The number of carbonyl (C=O) groups is 3. The predicted molar refractivity (Wildman–Crippen MR) is 136 cm³/mol. The summed E-state index contributed by atoms with van der Waals surface area (Å²) >= 11 is 0. The van der Waals surface area contributed by atoms with Crippen LogP contribution in [0, 0.1) is 11.3 Å². The zero-order chi connectivity index (χ0) is 25.9. The van der Waals surface area contributed by atoms with E-state index in [-0.39, 0.29) is 28.9 Å². The van der Waals surface area contributed by atoms with E-state index < -0.39 is 11.6 Å². The predicted octanol–water partition coefficient (Wildman–Crippen LogP) is 5.34. The first-order chi connectivity index (χ1) is 17.1. The molecule has 0 bridgehead atoms. The van der Waals surface area contributed by atoms with E-state index in [2.05, 4.69) is 0 Å². The third-order valence-electron chi connectivity index (χ3n) is 7.34. The van der Waals surface area contributed by atoms with E-state index in [4.69, 9.17) is 4.74 Å². The van der Waals surface area contributed by atoms with Gasteiger partial charge in [-0.25, -0.2) is 9.59 Å². The molecule has 4 rings (SSSR count). The van der Waals surface area contributed by atoms with Crippen molar-refractivity contribution in [1.29, 1.82) is 0 Å². The number of carboxylic acids is 1. The van der Waals surface area contributed by atoms with Crippen LogP contribution in [0.15, 0.2) is 54.6 Å². The normalized spacial score (nSPS) is 21.5. The van der Waals surface area contributed by atoms with Crippen LogP contribution >= 0.6 is 0 Å². The van der Waals surface area contributed by atoms with E-state index in [9.17, 15) is 19.5 Å². The van der Waals surface area contributed by atoms with Gasteiger partial charge in [-0.2, -0.15) is 0 Å². The summed E-state index contributed by atoms with van der Waals surface area (Å²) in [5, 5.41) is 9.22. The molecule has 1 aliphatic carbocycles. The van der Waals surface area contributed by atoms with Gasteiger partial charge < -0.3 is 19.6 Å². The van der Waals surface area contributed by atoms with E-state index in [1.54, 1.807) is 29.2 Å². The summed E-state index contributed by atoms with van der Waals surface area (Å²) in [6, 6.07) is 16.6. The smallest absolute Gasteiger partial charge is 0.410 e. The quantitative estimate of drug-likeness (QED) is 0.588. The van der Waals surface area contributed by atoms with Crippen LogP contribution in [-0.2, 0) is 22.6 Å². The lowest BCUT2D eigenvalue weighted by Crippen LogP contribution is -2.43. The maximum absolute atomic E-state index is 14.1. The van der Waals surface area contributed by atoms with Gasteiger partial charge in [0.05, 0.1) is 5.56 Å². The van der Waals surface area contributed by atoms with Crippen molar-refractivity contribution in [3.05, 3.63) is 71.3 Å². The lowest BCUT2D eigenvalue weighted by atomic mass is 9.76. The van der Waals surface area contributed by atoms with E-state index in [1.165, 1.54) is 0 Å². The molecule has 1 saturated carbocycles. The minimum absolute atomic E-state index is 0.102. The molecule has 7 heteroatoms. The van der Waals surface area contributed by atoms with Crippen LogP contribution in [0.4, 0.5) is 4.79 Å². The Labute approximate surface area is 213 Å². The highest BCUT2D eigenvalue weighted by Gasteiger charge is 2.52. The fourth-order valence-electron chi connectivity index (χ4n) is 5.60. The van der Waals surface area contributed by atoms with Gasteiger partial charge in [0.15, 0.2) is 0 Å². The number of carboxylic acid groups (broad SMARTS) is 1. The Morgan fingerprint density at radius 2 is 1.64 bits per heavy atom. The Hall–Kier alpha value is -3.35. The summed E-state index contributed by atoms with van der Waals surface area (Å²) in [4.78, 5) is 41.7. The van der Waals surface area contributed by atoms with Crippen LogP contribution in [0.3, 0.4) is 0 Å². The Morgan fingerprint density at radius 1 is 1.00 bits per heavy atom. The number of amides is 2. The minimum Gasteiger partial charge on any atom is -0.478 e. The Balaban J connectivity index is 1.54. The molecule has 0 aromatic heterocycles. The average Bonchev–Trinajstić information content (AvgIpc) is 3.45. The number of benzene rings is 2. The van der Waals surface area contributed by atoms with Crippen LogP contribution in [0.25, 0.3) is 0 Å². The van der Waals surface area contributed by atoms with Crippen LogP contribution in [0.2, 0.25) is 0 Å². The van der Waals surface area contributed by atoms with Crippen molar-refractivity contribution in [2.24, 2.45) is 11.3 Å². The van der Waals surface area contributed by atoms with Gasteiger partial charge in [-0.1, -0.05) is 48.9 Å². The van der Waals surface area contributed by atoms with Gasteiger partial charge in [0.2, 0.25) is 5.91 Å². The van der Waals surface area contributed by atoms with Crippen LogP contribution in [0.1, 0.15) is 67.9 Å². The first-order valence-corrected chi connectivity index (χ1v) is 12.7. The molecule has 2 aliphatic rings. The SMILES string of the molecule is CC(C)(C)OC(=O)N1CC[C@@]2(CCC[C@@H]2C(=O)N(Cc2ccccc2)Cc2ccc(C(=O)O)cc2)C1. The molecule has 1 heterocycles. The van der Waals surface area contributed by atoms with Gasteiger partial charge in [0.1, 0.15) is 5.60 Å². The molecule has 2 aromatic carbocycles. The number of rotatable bonds is 6. The summed E-state index contributed by atoms with van der Waals surface area (Å²) in [6.07, 6.45) is 3.19. The van der Waals surface area contributed by atoms with Crippen molar-refractivity contribution in [3.8, 4) is 0 Å². The molecule has 36 heavy (non-hydrogen) atoms. The third-order valence-corrected chi connectivity index (χ3v) is 7.34. The van der Waals surface area contributed by atoms with Gasteiger partial charge in [-0.05, 0) is 63.3 Å². The Morgan fingerprint density at radius 3 is 2.25 bits per heavy atom. The zero-order valence-corrected chi connectivity index (χ0v) is 21.4. The Kier molecular flexibility index (Phi) is 7.38. The molecule has 1 spiro atoms. The fraction of sp³-hybridized carbons (Fsp3) is 0.483. The fourth-order valence-corrected chi connectivity index (χ4v) is 5.60. The maximum atomic E-state index is 14.1. The lowest BCUT2D eigenvalue weighted by molar-refractivity contribution is -0.140. The first kappa shape index (κ1) is 25.7. The number of nitrogens with zero attached hydrogens (tertiary/aromatic N) is 2. The lowest BCUT2D eigenvalue weighted by Gasteiger charge is -2.35. The summed E-state index contributed by atoms with van der Waals surface area (Å²) in [7, 11) is 0. The van der Waals surface area contributed by atoms with Crippen molar-refractivity contribution in [2.45, 2.75) is 65.1 Å². The van der Waals surface area contributed by atoms with Crippen LogP contribution in [0.5, 0.6) is 0 Å². The van der Waals surface area contributed by atoms with Gasteiger partial charge in [0.25, 0.3) is 0 Å². The van der Waals surface area contributed by atoms with Crippen molar-refractivity contribution in [2.75, 3.05) is 13.1 Å². The average molecular weight is 493 g/mol. The molecule has 0 unspecified atom stereocenters. The molecule has 1 aliphatic heterocycles. The summed E-state index contributed by atoms with van der Waals surface area (Å²) in [6.45, 7) is 7.62. The van der Waals surface area contributed by atoms with E-state index in [0.29, 0.717) is 26.2 Å². The molecule has 2 amide bonds. The molecule has 2 atom stereocenters. The second-order valence-electron chi connectivity index (χ2n) is 11.1. The number of aromatic carboxylic acids is 1. The molecular formula is C29H36N2O5. The van der Waals surface area contributed by atoms with Gasteiger partial charge in [-0.15, -0.1) is 0 Å². The summed E-state index contributed by atoms with van der Waals surface area (Å²) < 4.78 is 5.60. The van der Waals surface area contributed by atoms with Crippen LogP contribution < -0.4 is 0 Å². The molecule has 192 valence electrons. The summed E-state index contributed by atoms with van der Waals surface area (Å²) in [5.41, 5.74) is 1.37. The minimum atomic E-state index is -0.970. The highest BCUT2D eigenvalue weighted by atomic mass is 16.6. The number of hydrogen-bond acceptors (Lipinski definition) is 4.